The van der Waals surface area contributed by atoms with Gasteiger partial charge in [-0.05, 0) is 17.7 Å². The number of rotatable bonds is 9. The van der Waals surface area contributed by atoms with Gasteiger partial charge in [-0.1, -0.05) is 6.07 Å². The summed E-state index contributed by atoms with van der Waals surface area (Å²) in [5, 5.41) is 6.36. The summed E-state index contributed by atoms with van der Waals surface area (Å²) in [6, 6.07) is 5.98. The van der Waals surface area contributed by atoms with Crippen molar-refractivity contribution in [2.75, 3.05) is 72.7 Å². The van der Waals surface area contributed by atoms with E-state index in [0.29, 0.717) is 43.8 Å². The second-order valence-corrected chi connectivity index (χ2v) is 9.05. The number of nitrogens with zero attached hydrogens (tertiary/aromatic N) is 2. The highest BCUT2D eigenvalue weighted by Crippen LogP contribution is 2.32. The smallest absolute Gasteiger partial charge is 0.191 e. The highest BCUT2D eigenvalue weighted by atomic mass is 32.2. The average molecular weight is 429 g/mol. The molecule has 29 heavy (non-hydrogen) atoms. The Balaban J connectivity index is 2.12. The van der Waals surface area contributed by atoms with Crippen LogP contribution in [-0.2, 0) is 14.6 Å². The first-order chi connectivity index (χ1) is 13.9. The first-order valence-corrected chi connectivity index (χ1v) is 11.6. The van der Waals surface area contributed by atoms with Crippen molar-refractivity contribution < 1.29 is 22.6 Å². The Labute approximate surface area is 173 Å². The van der Waals surface area contributed by atoms with E-state index in [1.165, 1.54) is 6.26 Å². The second-order valence-electron chi connectivity index (χ2n) is 6.79. The van der Waals surface area contributed by atoms with Gasteiger partial charge < -0.3 is 24.8 Å². The van der Waals surface area contributed by atoms with E-state index in [2.05, 4.69) is 20.5 Å². The third kappa shape index (κ3) is 7.37. The molecular formula is C19H32N4O5S. The van der Waals surface area contributed by atoms with Crippen molar-refractivity contribution in [3.63, 3.8) is 0 Å². The van der Waals surface area contributed by atoms with E-state index in [1.54, 1.807) is 21.3 Å². The molecule has 0 aliphatic carbocycles. The van der Waals surface area contributed by atoms with E-state index in [-0.39, 0.29) is 11.8 Å². The zero-order valence-electron chi connectivity index (χ0n) is 17.6. The number of benzene rings is 1. The molecule has 1 heterocycles. The Morgan fingerprint density at radius 2 is 1.90 bits per heavy atom. The number of hydrogen-bond donors (Lipinski definition) is 2. The van der Waals surface area contributed by atoms with Gasteiger partial charge in [0.25, 0.3) is 0 Å². The average Bonchev–Trinajstić information content (AvgIpc) is 2.72. The molecule has 1 aromatic carbocycles. The standard InChI is InChI=1S/C19H32N4O5S/c1-20-19(21-7-12-29(4,24)25)22-14-16(23-8-10-28-11-9-23)15-5-6-17(26-2)18(13-15)27-3/h5-6,13,16H,7-12,14H2,1-4H3,(H2,20,21,22). The molecule has 0 bridgehead atoms. The van der Waals surface area contributed by atoms with Gasteiger partial charge in [0.05, 0.1) is 39.2 Å². The number of aliphatic imine (C=N–C) groups is 1. The molecule has 10 heteroatoms. The summed E-state index contributed by atoms with van der Waals surface area (Å²) < 4.78 is 39.0. The van der Waals surface area contributed by atoms with E-state index in [4.69, 9.17) is 14.2 Å². The van der Waals surface area contributed by atoms with Gasteiger partial charge in [0.15, 0.2) is 17.5 Å². The van der Waals surface area contributed by atoms with E-state index >= 15 is 0 Å². The number of ether oxygens (including phenoxy) is 3. The van der Waals surface area contributed by atoms with Crippen molar-refractivity contribution in [1.82, 2.24) is 15.5 Å². The van der Waals surface area contributed by atoms with Gasteiger partial charge in [-0.15, -0.1) is 0 Å². The molecule has 1 atom stereocenters. The van der Waals surface area contributed by atoms with Gasteiger partial charge in [0, 0.05) is 39.5 Å². The third-order valence-corrected chi connectivity index (χ3v) is 5.68. The molecule has 1 aromatic rings. The van der Waals surface area contributed by atoms with Crippen LogP contribution in [-0.4, -0.2) is 91.9 Å². The largest absolute Gasteiger partial charge is 0.493 e. The van der Waals surface area contributed by atoms with Gasteiger partial charge in [0.1, 0.15) is 9.84 Å². The summed E-state index contributed by atoms with van der Waals surface area (Å²) in [6.45, 7) is 3.91. The highest BCUT2D eigenvalue weighted by Gasteiger charge is 2.24. The van der Waals surface area contributed by atoms with Crippen molar-refractivity contribution in [2.45, 2.75) is 6.04 Å². The Morgan fingerprint density at radius 3 is 2.48 bits per heavy atom. The molecule has 2 N–H and O–H groups in total. The van der Waals surface area contributed by atoms with Crippen LogP contribution in [0.25, 0.3) is 0 Å². The quantitative estimate of drug-likeness (QED) is 0.427. The molecule has 9 nitrogen and oxygen atoms in total. The van der Waals surface area contributed by atoms with Crippen molar-refractivity contribution >= 4 is 15.8 Å². The molecule has 0 spiro atoms. The van der Waals surface area contributed by atoms with Crippen molar-refractivity contribution in [3.05, 3.63) is 23.8 Å². The first kappa shape index (κ1) is 23.2. The zero-order valence-corrected chi connectivity index (χ0v) is 18.4. The molecule has 0 saturated carbocycles. The molecular weight excluding hydrogens is 396 g/mol. The minimum atomic E-state index is -3.03. The minimum absolute atomic E-state index is 0.0519. The topological polar surface area (TPSA) is 101 Å². The summed E-state index contributed by atoms with van der Waals surface area (Å²) in [6.07, 6.45) is 1.22. The number of sulfone groups is 1. The van der Waals surface area contributed by atoms with E-state index in [0.717, 1.165) is 18.7 Å². The maximum Gasteiger partial charge on any atom is 0.191 e. The summed E-state index contributed by atoms with van der Waals surface area (Å²) in [5.41, 5.74) is 1.09. The fourth-order valence-electron chi connectivity index (χ4n) is 3.18. The lowest BCUT2D eigenvalue weighted by Gasteiger charge is -2.35. The second kappa shape index (κ2) is 11.2. The number of hydrogen-bond acceptors (Lipinski definition) is 7. The number of methoxy groups -OCH3 is 2. The number of guanidine groups is 1. The van der Waals surface area contributed by atoms with Crippen molar-refractivity contribution in [3.8, 4) is 11.5 Å². The molecule has 1 saturated heterocycles. The lowest BCUT2D eigenvalue weighted by molar-refractivity contribution is 0.0169. The van der Waals surface area contributed by atoms with E-state index < -0.39 is 9.84 Å². The monoisotopic (exact) mass is 428 g/mol. The highest BCUT2D eigenvalue weighted by molar-refractivity contribution is 7.90. The molecule has 0 radical (unpaired) electrons. The maximum atomic E-state index is 11.3. The van der Waals surface area contributed by atoms with Crippen LogP contribution in [0, 0.1) is 0 Å². The van der Waals surface area contributed by atoms with Gasteiger partial charge in [-0.2, -0.15) is 0 Å². The Morgan fingerprint density at radius 1 is 1.21 bits per heavy atom. The van der Waals surface area contributed by atoms with Crippen LogP contribution in [0.4, 0.5) is 0 Å². The van der Waals surface area contributed by atoms with Crippen molar-refractivity contribution in [2.24, 2.45) is 4.99 Å². The fourth-order valence-corrected chi connectivity index (χ4v) is 3.65. The molecule has 164 valence electrons. The van der Waals surface area contributed by atoms with Crippen LogP contribution in [0.1, 0.15) is 11.6 Å². The molecule has 0 amide bonds. The molecule has 1 aliphatic heterocycles. The molecule has 2 rings (SSSR count). The van der Waals surface area contributed by atoms with E-state index in [9.17, 15) is 8.42 Å². The van der Waals surface area contributed by atoms with Gasteiger partial charge in [-0.3, -0.25) is 9.89 Å². The Bertz CT molecular complexity index is 779. The summed E-state index contributed by atoms with van der Waals surface area (Å²) in [5.74, 6) is 1.98. The number of nitrogens with one attached hydrogen (secondary N) is 2. The molecule has 1 aliphatic rings. The van der Waals surface area contributed by atoms with Gasteiger partial charge in [0.2, 0.25) is 0 Å². The van der Waals surface area contributed by atoms with E-state index in [1.807, 2.05) is 18.2 Å². The maximum absolute atomic E-state index is 11.3. The lowest BCUT2D eigenvalue weighted by atomic mass is 10.0. The molecule has 1 fully saturated rings. The SMILES string of the molecule is CN=C(NCCS(C)(=O)=O)NCC(c1ccc(OC)c(OC)c1)N1CCOCC1. The molecule has 0 aromatic heterocycles. The fraction of sp³-hybridized carbons (Fsp3) is 0.632. The minimum Gasteiger partial charge on any atom is -0.493 e. The Kier molecular flexibility index (Phi) is 8.99. The number of morpholine rings is 1. The predicted octanol–water partition coefficient (Wildman–Crippen LogP) is 0.287. The van der Waals surface area contributed by atoms with Crippen LogP contribution < -0.4 is 20.1 Å². The Hall–Kier alpha value is -2.04. The normalized spacial score (nSPS) is 16.9. The lowest BCUT2D eigenvalue weighted by Crippen LogP contribution is -2.46. The predicted molar refractivity (Wildman–Crippen MR) is 114 cm³/mol. The van der Waals surface area contributed by atoms with Crippen LogP contribution in [0.2, 0.25) is 0 Å². The summed E-state index contributed by atoms with van der Waals surface area (Å²) in [7, 11) is 1.87. The summed E-state index contributed by atoms with van der Waals surface area (Å²) in [4.78, 5) is 6.54. The summed E-state index contributed by atoms with van der Waals surface area (Å²) >= 11 is 0. The van der Waals surface area contributed by atoms with Gasteiger partial charge >= 0.3 is 0 Å². The van der Waals surface area contributed by atoms with Crippen LogP contribution in [0.3, 0.4) is 0 Å². The van der Waals surface area contributed by atoms with Crippen molar-refractivity contribution in [1.29, 1.82) is 0 Å². The third-order valence-electron chi connectivity index (χ3n) is 4.73. The van der Waals surface area contributed by atoms with Crippen LogP contribution in [0.5, 0.6) is 11.5 Å². The first-order valence-electron chi connectivity index (χ1n) is 9.54. The van der Waals surface area contributed by atoms with Crippen LogP contribution >= 0.6 is 0 Å². The zero-order chi connectivity index (χ0) is 21.3. The van der Waals surface area contributed by atoms with Crippen LogP contribution in [0.15, 0.2) is 23.2 Å². The van der Waals surface area contributed by atoms with Gasteiger partial charge in [-0.25, -0.2) is 8.42 Å². The molecule has 1 unspecified atom stereocenters.